The van der Waals surface area contributed by atoms with Gasteiger partial charge in [-0.3, -0.25) is 4.99 Å². The molecule has 1 atom stereocenters. The van der Waals surface area contributed by atoms with Gasteiger partial charge in [0.25, 0.3) is 0 Å². The quantitative estimate of drug-likeness (QED) is 0.561. The van der Waals surface area contributed by atoms with Crippen molar-refractivity contribution in [3.8, 4) is 6.07 Å². The van der Waals surface area contributed by atoms with Gasteiger partial charge in [-0.25, -0.2) is 4.39 Å². The minimum absolute atomic E-state index is 0.169. The normalized spacial score (nSPS) is 12.5. The molecule has 1 heterocycles. The van der Waals surface area contributed by atoms with Crippen LogP contribution in [0, 0.1) is 17.1 Å². The minimum Gasteiger partial charge on any atom is -0.386 e. The Hall–Kier alpha value is -2.14. The highest BCUT2D eigenvalue weighted by molar-refractivity contribution is 7.16. The molecule has 8 heteroatoms. The zero-order chi connectivity index (χ0) is 17.5. The molecule has 24 heavy (non-hydrogen) atoms. The maximum absolute atomic E-state index is 13.7. The average Bonchev–Trinajstić information content (AvgIpc) is 3.02. The first-order chi connectivity index (χ1) is 11.5. The van der Waals surface area contributed by atoms with Crippen LogP contribution in [0.5, 0.6) is 0 Å². The summed E-state index contributed by atoms with van der Waals surface area (Å²) in [5.74, 6) is 0.0173. The van der Waals surface area contributed by atoms with Crippen LogP contribution in [0.25, 0.3) is 0 Å². The summed E-state index contributed by atoms with van der Waals surface area (Å²) in [6.45, 7) is 0.402. The third-order valence-corrected chi connectivity index (χ3v) is 4.56. The summed E-state index contributed by atoms with van der Waals surface area (Å²) < 4.78 is 14.3. The van der Waals surface area contributed by atoms with Crippen molar-refractivity contribution in [2.45, 2.75) is 12.6 Å². The first kappa shape index (κ1) is 18.2. The van der Waals surface area contributed by atoms with Gasteiger partial charge in [-0.1, -0.05) is 11.6 Å². The van der Waals surface area contributed by atoms with Gasteiger partial charge in [-0.2, -0.15) is 5.26 Å². The highest BCUT2D eigenvalue weighted by Gasteiger charge is 2.11. The van der Waals surface area contributed by atoms with Crippen molar-refractivity contribution < 1.29 is 9.50 Å². The van der Waals surface area contributed by atoms with E-state index in [1.165, 1.54) is 29.5 Å². The fraction of sp³-hybridized carbons (Fsp3) is 0.250. The largest absolute Gasteiger partial charge is 0.386 e. The molecule has 1 aromatic carbocycles. The molecule has 0 spiro atoms. The number of aliphatic hydroxyl groups excluding tert-OH is 1. The Morgan fingerprint density at radius 1 is 1.42 bits per heavy atom. The van der Waals surface area contributed by atoms with Gasteiger partial charge >= 0.3 is 0 Å². The number of thiophene rings is 1. The molecule has 0 saturated carbocycles. The van der Waals surface area contributed by atoms with Crippen molar-refractivity contribution in [3.63, 3.8) is 0 Å². The van der Waals surface area contributed by atoms with Gasteiger partial charge in [-0.05, 0) is 30.3 Å². The number of nitrogens with zero attached hydrogens (tertiary/aromatic N) is 2. The standard InChI is InChI=1S/C16H16ClFN4OS/c1-20-16(22-9-13(23)14-4-5-15(17)24-14)21-8-11-6-10(7-19)2-3-12(11)18/h2-6,13,23H,8-9H2,1H3,(H2,20,21,22). The smallest absolute Gasteiger partial charge is 0.191 e. The average molecular weight is 367 g/mol. The van der Waals surface area contributed by atoms with Crippen LogP contribution in [0.2, 0.25) is 4.34 Å². The van der Waals surface area contributed by atoms with Gasteiger partial charge < -0.3 is 15.7 Å². The van der Waals surface area contributed by atoms with Gasteiger partial charge in [0.15, 0.2) is 5.96 Å². The molecule has 2 rings (SSSR count). The summed E-state index contributed by atoms with van der Waals surface area (Å²) in [6, 6.07) is 9.63. The zero-order valence-electron chi connectivity index (χ0n) is 12.9. The Bertz CT molecular complexity index is 772. The van der Waals surface area contributed by atoms with E-state index < -0.39 is 11.9 Å². The first-order valence-electron chi connectivity index (χ1n) is 7.10. The molecule has 1 aromatic heterocycles. The summed E-state index contributed by atoms with van der Waals surface area (Å²) in [5.41, 5.74) is 0.753. The molecule has 0 aliphatic rings. The van der Waals surface area contributed by atoms with Crippen molar-refractivity contribution in [1.82, 2.24) is 10.6 Å². The Morgan fingerprint density at radius 3 is 2.83 bits per heavy atom. The second kappa shape index (κ2) is 8.64. The molecule has 0 saturated heterocycles. The van der Waals surface area contributed by atoms with Crippen molar-refractivity contribution >= 4 is 28.9 Å². The molecule has 3 N–H and O–H groups in total. The van der Waals surface area contributed by atoms with Crippen LogP contribution in [0.3, 0.4) is 0 Å². The third-order valence-electron chi connectivity index (χ3n) is 3.23. The molecule has 0 amide bonds. The predicted octanol–water partition coefficient (Wildman–Crippen LogP) is 2.81. The van der Waals surface area contributed by atoms with E-state index in [2.05, 4.69) is 15.6 Å². The number of benzene rings is 1. The van der Waals surface area contributed by atoms with Crippen LogP contribution in [0.4, 0.5) is 4.39 Å². The van der Waals surface area contributed by atoms with E-state index >= 15 is 0 Å². The number of guanidine groups is 1. The molecule has 0 bridgehead atoms. The maximum atomic E-state index is 13.7. The van der Waals surface area contributed by atoms with E-state index in [9.17, 15) is 9.50 Å². The Balaban J connectivity index is 1.90. The number of nitriles is 1. The maximum Gasteiger partial charge on any atom is 0.191 e. The van der Waals surface area contributed by atoms with Crippen molar-refractivity contribution in [3.05, 3.63) is 56.5 Å². The van der Waals surface area contributed by atoms with E-state index in [0.29, 0.717) is 21.4 Å². The molecular formula is C16H16ClFN4OS. The van der Waals surface area contributed by atoms with Crippen molar-refractivity contribution in [2.24, 2.45) is 4.99 Å². The summed E-state index contributed by atoms with van der Waals surface area (Å²) in [5, 5.41) is 24.9. The highest BCUT2D eigenvalue weighted by Crippen LogP contribution is 2.26. The molecule has 0 aliphatic heterocycles. The van der Waals surface area contributed by atoms with Gasteiger partial charge in [0.1, 0.15) is 11.9 Å². The number of hydrogen-bond donors (Lipinski definition) is 3. The second-order valence-electron chi connectivity index (χ2n) is 4.88. The lowest BCUT2D eigenvalue weighted by molar-refractivity contribution is 0.184. The number of nitrogens with one attached hydrogen (secondary N) is 2. The number of aliphatic hydroxyl groups is 1. The fourth-order valence-electron chi connectivity index (χ4n) is 1.98. The Kier molecular flexibility index (Phi) is 6.55. The van der Waals surface area contributed by atoms with E-state index in [1.807, 2.05) is 6.07 Å². The summed E-state index contributed by atoms with van der Waals surface area (Å²) in [6.07, 6.45) is -0.722. The second-order valence-corrected chi connectivity index (χ2v) is 6.63. The molecule has 0 aliphatic carbocycles. The van der Waals surface area contributed by atoms with Gasteiger partial charge in [0.05, 0.1) is 16.0 Å². The molecule has 126 valence electrons. The summed E-state index contributed by atoms with van der Waals surface area (Å²) in [4.78, 5) is 4.77. The monoisotopic (exact) mass is 366 g/mol. The number of aliphatic imine (C=N–C) groups is 1. The van der Waals surface area contributed by atoms with Crippen LogP contribution in [0.1, 0.15) is 22.1 Å². The van der Waals surface area contributed by atoms with Crippen LogP contribution in [0.15, 0.2) is 35.3 Å². The zero-order valence-corrected chi connectivity index (χ0v) is 14.5. The molecule has 2 aromatic rings. The lowest BCUT2D eigenvalue weighted by atomic mass is 10.1. The topological polar surface area (TPSA) is 80.4 Å². The summed E-state index contributed by atoms with van der Waals surface area (Å²) in [7, 11) is 1.58. The van der Waals surface area contributed by atoms with Crippen LogP contribution in [-0.4, -0.2) is 24.7 Å². The predicted molar refractivity (Wildman–Crippen MR) is 93.6 cm³/mol. The van der Waals surface area contributed by atoms with Gasteiger partial charge in [0.2, 0.25) is 0 Å². The lowest BCUT2D eigenvalue weighted by Gasteiger charge is -2.15. The van der Waals surface area contributed by atoms with Crippen molar-refractivity contribution in [1.29, 1.82) is 5.26 Å². The van der Waals surface area contributed by atoms with Crippen LogP contribution < -0.4 is 10.6 Å². The van der Waals surface area contributed by atoms with Crippen LogP contribution >= 0.6 is 22.9 Å². The minimum atomic E-state index is -0.722. The van der Waals surface area contributed by atoms with Gasteiger partial charge in [-0.15, -0.1) is 11.3 Å². The number of rotatable bonds is 5. The third kappa shape index (κ3) is 4.93. The molecule has 0 radical (unpaired) electrons. The lowest BCUT2D eigenvalue weighted by Crippen LogP contribution is -2.39. The van der Waals surface area contributed by atoms with E-state index in [4.69, 9.17) is 16.9 Å². The highest BCUT2D eigenvalue weighted by atomic mass is 35.5. The molecule has 0 fully saturated rings. The first-order valence-corrected chi connectivity index (χ1v) is 8.29. The molecular weight excluding hydrogens is 351 g/mol. The Morgan fingerprint density at radius 2 is 2.21 bits per heavy atom. The van der Waals surface area contributed by atoms with E-state index in [-0.39, 0.29) is 13.1 Å². The number of halogens is 2. The SMILES string of the molecule is CN=C(NCc1cc(C#N)ccc1F)NCC(O)c1ccc(Cl)s1. The molecule has 1 unspecified atom stereocenters. The van der Waals surface area contributed by atoms with Crippen LogP contribution in [-0.2, 0) is 6.54 Å². The van der Waals surface area contributed by atoms with E-state index in [1.54, 1.807) is 19.2 Å². The Labute approximate surface area is 148 Å². The van der Waals surface area contributed by atoms with Crippen molar-refractivity contribution in [2.75, 3.05) is 13.6 Å². The molecule has 5 nitrogen and oxygen atoms in total. The van der Waals surface area contributed by atoms with E-state index in [0.717, 1.165) is 4.88 Å². The fourth-order valence-corrected chi connectivity index (χ4v) is 3.03. The van der Waals surface area contributed by atoms with Gasteiger partial charge in [0, 0.05) is 30.6 Å². The summed E-state index contributed by atoms with van der Waals surface area (Å²) >= 11 is 7.15. The number of hydrogen-bond acceptors (Lipinski definition) is 4.